The Morgan fingerprint density at radius 2 is 2.00 bits per heavy atom. The summed E-state index contributed by atoms with van der Waals surface area (Å²) in [7, 11) is 1.61. The molecule has 0 bridgehead atoms. The zero-order valence-electron chi connectivity index (χ0n) is 18.5. The van der Waals surface area contributed by atoms with Gasteiger partial charge in [0.05, 0.1) is 16.6 Å². The molecule has 2 aromatic carbocycles. The molecule has 8 heteroatoms. The number of carbonyl (C=O) groups excluding carboxylic acids is 2. The molecular formula is C25H24N4O4. The summed E-state index contributed by atoms with van der Waals surface area (Å²) in [6, 6.07) is 14.8. The molecule has 0 spiro atoms. The Kier molecular flexibility index (Phi) is 5.20. The lowest BCUT2D eigenvalue weighted by atomic mass is 9.99. The predicted octanol–water partition coefficient (Wildman–Crippen LogP) is 2.83. The Balaban J connectivity index is 1.39. The number of hydrogen-bond donors (Lipinski definition) is 1. The van der Waals surface area contributed by atoms with Crippen LogP contribution in [0.1, 0.15) is 34.0 Å². The summed E-state index contributed by atoms with van der Waals surface area (Å²) < 4.78 is 6.67. The molecule has 5 rings (SSSR count). The van der Waals surface area contributed by atoms with E-state index in [4.69, 9.17) is 9.40 Å². The van der Waals surface area contributed by atoms with Gasteiger partial charge in [0, 0.05) is 37.1 Å². The number of amides is 2. The second-order valence-corrected chi connectivity index (χ2v) is 8.44. The van der Waals surface area contributed by atoms with Crippen molar-refractivity contribution in [1.82, 2.24) is 19.8 Å². The van der Waals surface area contributed by atoms with Gasteiger partial charge in [0.25, 0.3) is 5.91 Å². The zero-order chi connectivity index (χ0) is 23.1. The zero-order valence-corrected chi connectivity index (χ0v) is 18.5. The number of likely N-dealkylation sites (tertiary alicyclic amines) is 1. The standard InChI is InChI=1S/C25H24N4O4/c1-15-7-8-22-21(11-15)29(25(32)33-22)14-23(30)28-10-9-16(13-28)20-12-18(24(31)26-2)17-5-3-4-6-19(17)27-20/h3-8,11-12,16H,9-10,13-14H2,1-2H3,(H,26,31)/t16-/m1/s1. The number of fused-ring (bicyclic) bond motifs is 2. The lowest BCUT2D eigenvalue weighted by Gasteiger charge is -2.17. The fraction of sp³-hybridized carbons (Fsp3) is 0.280. The molecule has 0 aliphatic carbocycles. The van der Waals surface area contributed by atoms with Crippen LogP contribution >= 0.6 is 0 Å². The average molecular weight is 444 g/mol. The Hall–Kier alpha value is -3.94. The van der Waals surface area contributed by atoms with Crippen LogP contribution in [-0.4, -0.2) is 46.4 Å². The minimum Gasteiger partial charge on any atom is -0.408 e. The van der Waals surface area contributed by atoms with Crippen molar-refractivity contribution < 1.29 is 14.0 Å². The SMILES string of the molecule is CNC(=O)c1cc([C@@H]2CCN(C(=O)Cn3c(=O)oc4ccc(C)cc43)C2)nc2ccccc12. The fourth-order valence-electron chi connectivity index (χ4n) is 4.51. The van der Waals surface area contributed by atoms with Crippen molar-refractivity contribution in [2.45, 2.75) is 25.8 Å². The first-order valence-electron chi connectivity index (χ1n) is 10.9. The van der Waals surface area contributed by atoms with E-state index in [1.165, 1.54) is 4.57 Å². The number of aromatic nitrogens is 2. The third-order valence-electron chi connectivity index (χ3n) is 6.28. The Morgan fingerprint density at radius 1 is 1.18 bits per heavy atom. The van der Waals surface area contributed by atoms with Crippen molar-refractivity contribution in [3.05, 3.63) is 75.9 Å². The molecule has 0 saturated carbocycles. The van der Waals surface area contributed by atoms with E-state index >= 15 is 0 Å². The highest BCUT2D eigenvalue weighted by atomic mass is 16.4. The molecular weight excluding hydrogens is 420 g/mol. The second-order valence-electron chi connectivity index (χ2n) is 8.44. The lowest BCUT2D eigenvalue weighted by Crippen LogP contribution is -2.34. The summed E-state index contributed by atoms with van der Waals surface area (Å²) in [4.78, 5) is 44.4. The highest BCUT2D eigenvalue weighted by Gasteiger charge is 2.30. The van der Waals surface area contributed by atoms with Crippen LogP contribution in [-0.2, 0) is 11.3 Å². The molecule has 2 aromatic heterocycles. The van der Waals surface area contributed by atoms with E-state index in [9.17, 15) is 14.4 Å². The molecule has 1 N–H and O–H groups in total. The van der Waals surface area contributed by atoms with Crippen LogP contribution in [0.25, 0.3) is 22.0 Å². The first-order valence-corrected chi connectivity index (χ1v) is 10.9. The van der Waals surface area contributed by atoms with Crippen molar-refractivity contribution in [3.8, 4) is 0 Å². The molecule has 1 atom stereocenters. The van der Waals surface area contributed by atoms with Crippen LogP contribution < -0.4 is 11.1 Å². The third-order valence-corrected chi connectivity index (χ3v) is 6.28. The number of aryl methyl sites for hydroxylation is 1. The van der Waals surface area contributed by atoms with Gasteiger partial charge in [-0.15, -0.1) is 0 Å². The monoisotopic (exact) mass is 444 g/mol. The summed E-state index contributed by atoms with van der Waals surface area (Å²) in [5.41, 5.74) is 4.21. The first kappa shape index (κ1) is 20.9. The largest absolute Gasteiger partial charge is 0.420 e. The average Bonchev–Trinajstić information content (AvgIpc) is 3.43. The van der Waals surface area contributed by atoms with E-state index in [1.54, 1.807) is 18.0 Å². The van der Waals surface area contributed by atoms with E-state index < -0.39 is 5.76 Å². The number of nitrogens with zero attached hydrogens (tertiary/aromatic N) is 3. The molecule has 8 nitrogen and oxygen atoms in total. The van der Waals surface area contributed by atoms with Crippen molar-refractivity contribution in [2.75, 3.05) is 20.1 Å². The van der Waals surface area contributed by atoms with Gasteiger partial charge >= 0.3 is 5.76 Å². The smallest absolute Gasteiger partial charge is 0.408 e. The van der Waals surface area contributed by atoms with E-state index in [2.05, 4.69) is 5.32 Å². The normalized spacial score (nSPS) is 15.9. The molecule has 33 heavy (non-hydrogen) atoms. The van der Waals surface area contributed by atoms with Gasteiger partial charge in [-0.2, -0.15) is 0 Å². The highest BCUT2D eigenvalue weighted by molar-refractivity contribution is 6.06. The fourth-order valence-corrected chi connectivity index (χ4v) is 4.51. The number of para-hydroxylation sites is 1. The maximum absolute atomic E-state index is 13.0. The Morgan fingerprint density at radius 3 is 2.82 bits per heavy atom. The van der Waals surface area contributed by atoms with Crippen LogP contribution in [0.2, 0.25) is 0 Å². The summed E-state index contributed by atoms with van der Waals surface area (Å²) in [5, 5.41) is 3.49. The van der Waals surface area contributed by atoms with Crippen LogP contribution in [0.15, 0.2) is 57.7 Å². The summed E-state index contributed by atoms with van der Waals surface area (Å²) in [6.45, 7) is 2.91. The van der Waals surface area contributed by atoms with Crippen molar-refractivity contribution >= 4 is 33.8 Å². The van der Waals surface area contributed by atoms with Gasteiger partial charge in [0.2, 0.25) is 5.91 Å². The Labute approximate surface area is 189 Å². The van der Waals surface area contributed by atoms with Crippen molar-refractivity contribution in [1.29, 1.82) is 0 Å². The number of hydrogen-bond acceptors (Lipinski definition) is 5. The van der Waals surface area contributed by atoms with Crippen molar-refractivity contribution in [3.63, 3.8) is 0 Å². The topological polar surface area (TPSA) is 97.4 Å². The minimum atomic E-state index is -0.536. The van der Waals surface area contributed by atoms with Gasteiger partial charge in [-0.3, -0.25) is 19.1 Å². The van der Waals surface area contributed by atoms with E-state index in [1.807, 2.05) is 49.4 Å². The van der Waals surface area contributed by atoms with Crippen LogP contribution in [0, 0.1) is 6.92 Å². The highest BCUT2D eigenvalue weighted by Crippen LogP contribution is 2.29. The van der Waals surface area contributed by atoms with Gasteiger partial charge in [-0.05, 0) is 43.2 Å². The minimum absolute atomic E-state index is 0.0158. The molecule has 4 aromatic rings. The number of benzene rings is 2. The number of oxazole rings is 1. The van der Waals surface area contributed by atoms with Gasteiger partial charge in [-0.25, -0.2) is 4.79 Å². The van der Waals surface area contributed by atoms with Crippen molar-refractivity contribution in [2.24, 2.45) is 0 Å². The number of nitrogens with one attached hydrogen (secondary N) is 1. The van der Waals surface area contributed by atoms with E-state index in [0.717, 1.165) is 28.6 Å². The third kappa shape index (κ3) is 3.77. The lowest BCUT2D eigenvalue weighted by molar-refractivity contribution is -0.130. The van der Waals surface area contributed by atoms with Crippen LogP contribution in [0.4, 0.5) is 0 Å². The van der Waals surface area contributed by atoms with Gasteiger partial charge in [-0.1, -0.05) is 24.3 Å². The molecule has 1 aliphatic heterocycles. The summed E-state index contributed by atoms with van der Waals surface area (Å²) >= 11 is 0. The molecule has 2 amide bonds. The summed E-state index contributed by atoms with van der Waals surface area (Å²) in [5.74, 6) is -0.827. The quantitative estimate of drug-likeness (QED) is 0.522. The van der Waals surface area contributed by atoms with E-state index in [-0.39, 0.29) is 24.3 Å². The van der Waals surface area contributed by atoms with Crippen LogP contribution in [0.5, 0.6) is 0 Å². The maximum atomic E-state index is 13.0. The predicted molar refractivity (Wildman–Crippen MR) is 124 cm³/mol. The van der Waals surface area contributed by atoms with Gasteiger partial charge in [0.1, 0.15) is 6.54 Å². The maximum Gasteiger partial charge on any atom is 0.420 e. The number of rotatable bonds is 4. The summed E-state index contributed by atoms with van der Waals surface area (Å²) in [6.07, 6.45) is 0.740. The molecule has 1 aliphatic rings. The molecule has 168 valence electrons. The Bertz CT molecular complexity index is 1450. The number of pyridine rings is 1. The van der Waals surface area contributed by atoms with Crippen LogP contribution in [0.3, 0.4) is 0 Å². The molecule has 3 heterocycles. The number of carbonyl (C=O) groups is 2. The molecule has 1 fully saturated rings. The first-order chi connectivity index (χ1) is 15.9. The molecule has 0 unspecified atom stereocenters. The van der Waals surface area contributed by atoms with Gasteiger partial charge < -0.3 is 14.6 Å². The molecule has 0 radical (unpaired) electrons. The van der Waals surface area contributed by atoms with Gasteiger partial charge in [0.15, 0.2) is 5.58 Å². The second kappa shape index (κ2) is 8.20. The van der Waals surface area contributed by atoms with E-state index in [0.29, 0.717) is 29.8 Å². The molecule has 1 saturated heterocycles.